The summed E-state index contributed by atoms with van der Waals surface area (Å²) in [5, 5.41) is 26.9. The van der Waals surface area contributed by atoms with E-state index in [-0.39, 0.29) is 23.5 Å². The number of benzene rings is 2. The van der Waals surface area contributed by atoms with Crippen LogP contribution in [0, 0.1) is 17.0 Å². The summed E-state index contributed by atoms with van der Waals surface area (Å²) in [6.45, 7) is 1.92. The van der Waals surface area contributed by atoms with Gasteiger partial charge >= 0.3 is 0 Å². The number of carbonyl (C=O) groups is 1. The Morgan fingerprint density at radius 2 is 2.08 bits per heavy atom. The second-order valence-electron chi connectivity index (χ2n) is 4.96. The number of nitro groups is 1. The lowest BCUT2D eigenvalue weighted by Crippen LogP contribution is -2.26. The molecule has 0 fully saturated rings. The molecule has 24 heavy (non-hydrogen) atoms. The summed E-state index contributed by atoms with van der Waals surface area (Å²) >= 11 is 0. The Hall–Kier alpha value is -3.42. The Morgan fingerprint density at radius 3 is 2.79 bits per heavy atom. The van der Waals surface area contributed by atoms with E-state index in [4.69, 9.17) is 0 Å². The average Bonchev–Trinajstić information content (AvgIpc) is 2.54. The first-order chi connectivity index (χ1) is 11.5. The number of phenols is 1. The van der Waals surface area contributed by atoms with Crippen molar-refractivity contribution in [2.45, 2.75) is 6.92 Å². The zero-order valence-electron chi connectivity index (χ0n) is 12.9. The van der Waals surface area contributed by atoms with Crippen LogP contribution in [0.15, 0.2) is 47.6 Å². The molecule has 124 valence electrons. The Labute approximate surface area is 138 Å². The van der Waals surface area contributed by atoms with Crippen molar-refractivity contribution in [3.05, 3.63) is 63.7 Å². The highest BCUT2D eigenvalue weighted by atomic mass is 16.6. The van der Waals surface area contributed by atoms with Gasteiger partial charge in [-0.1, -0.05) is 18.2 Å². The van der Waals surface area contributed by atoms with E-state index >= 15 is 0 Å². The minimum Gasteiger partial charge on any atom is -0.508 e. The van der Waals surface area contributed by atoms with E-state index in [1.54, 1.807) is 0 Å². The fraction of sp³-hybridized carbons (Fsp3) is 0.125. The zero-order chi connectivity index (χ0) is 17.5. The predicted octanol–water partition coefficient (Wildman–Crippen LogP) is 2.17. The molecule has 0 aliphatic heterocycles. The molecule has 0 unspecified atom stereocenters. The summed E-state index contributed by atoms with van der Waals surface area (Å²) in [6, 6.07) is 11.1. The van der Waals surface area contributed by atoms with Crippen LogP contribution in [-0.4, -0.2) is 28.7 Å². The van der Waals surface area contributed by atoms with Crippen LogP contribution >= 0.6 is 0 Å². The van der Waals surface area contributed by atoms with E-state index in [1.807, 2.05) is 31.2 Å². The van der Waals surface area contributed by atoms with E-state index in [0.29, 0.717) is 0 Å². The van der Waals surface area contributed by atoms with E-state index in [2.05, 4.69) is 15.8 Å². The number of anilines is 1. The first kappa shape index (κ1) is 16.9. The number of rotatable bonds is 6. The summed E-state index contributed by atoms with van der Waals surface area (Å²) in [5.74, 6) is -0.535. The Balaban J connectivity index is 1.94. The zero-order valence-corrected chi connectivity index (χ0v) is 12.9. The number of amides is 1. The highest BCUT2D eigenvalue weighted by Gasteiger charge is 2.12. The van der Waals surface area contributed by atoms with E-state index in [1.165, 1.54) is 12.1 Å². The monoisotopic (exact) mass is 328 g/mol. The molecule has 2 aromatic rings. The maximum Gasteiger partial charge on any atom is 0.278 e. The molecule has 0 aliphatic rings. The second kappa shape index (κ2) is 7.73. The molecule has 0 radical (unpaired) electrons. The van der Waals surface area contributed by atoms with Crippen LogP contribution in [0.1, 0.15) is 11.1 Å². The molecule has 0 saturated heterocycles. The number of phenolic OH excluding ortho intramolecular Hbond substituents is 1. The van der Waals surface area contributed by atoms with Crippen molar-refractivity contribution in [1.29, 1.82) is 0 Å². The first-order valence-corrected chi connectivity index (χ1v) is 7.06. The number of hydrogen-bond acceptors (Lipinski definition) is 6. The highest BCUT2D eigenvalue weighted by molar-refractivity contribution is 5.88. The number of aromatic hydroxyl groups is 1. The summed E-state index contributed by atoms with van der Waals surface area (Å²) < 4.78 is 0. The molecule has 2 rings (SSSR count). The number of nitrogens with one attached hydrogen (secondary N) is 2. The van der Waals surface area contributed by atoms with Gasteiger partial charge in [0, 0.05) is 11.8 Å². The molecule has 0 aromatic heterocycles. The molecular formula is C16H16N4O4. The van der Waals surface area contributed by atoms with Gasteiger partial charge in [-0.2, -0.15) is 5.10 Å². The molecule has 0 spiro atoms. The van der Waals surface area contributed by atoms with Gasteiger partial charge in [0.05, 0.1) is 23.2 Å². The van der Waals surface area contributed by atoms with Gasteiger partial charge in [-0.3, -0.25) is 14.9 Å². The van der Waals surface area contributed by atoms with E-state index in [9.17, 15) is 20.0 Å². The normalized spacial score (nSPS) is 10.5. The Kier molecular flexibility index (Phi) is 5.45. The van der Waals surface area contributed by atoms with Gasteiger partial charge in [0.15, 0.2) is 0 Å². The lowest BCUT2D eigenvalue weighted by molar-refractivity contribution is -0.385. The van der Waals surface area contributed by atoms with Crippen molar-refractivity contribution in [1.82, 2.24) is 5.43 Å². The van der Waals surface area contributed by atoms with Crippen LogP contribution in [0.5, 0.6) is 5.75 Å². The van der Waals surface area contributed by atoms with Gasteiger partial charge in [0.25, 0.3) is 11.6 Å². The third kappa shape index (κ3) is 4.54. The third-order valence-electron chi connectivity index (χ3n) is 3.19. The Morgan fingerprint density at radius 1 is 1.33 bits per heavy atom. The smallest absolute Gasteiger partial charge is 0.278 e. The molecule has 2 aromatic carbocycles. The van der Waals surface area contributed by atoms with Gasteiger partial charge in [0.2, 0.25) is 0 Å². The maximum atomic E-state index is 11.7. The fourth-order valence-corrected chi connectivity index (χ4v) is 1.97. The van der Waals surface area contributed by atoms with Crippen LogP contribution in [0.2, 0.25) is 0 Å². The molecule has 0 heterocycles. The number of nitrogens with zero attached hydrogens (tertiary/aromatic N) is 2. The number of hydrazone groups is 1. The summed E-state index contributed by atoms with van der Waals surface area (Å²) in [5.41, 5.74) is 3.98. The number of para-hydroxylation sites is 1. The molecule has 8 nitrogen and oxygen atoms in total. The van der Waals surface area contributed by atoms with Gasteiger partial charge in [0.1, 0.15) is 5.75 Å². The van der Waals surface area contributed by atoms with Crippen molar-refractivity contribution in [3.8, 4) is 5.75 Å². The Bertz CT molecular complexity index is 789. The fourth-order valence-electron chi connectivity index (χ4n) is 1.97. The molecular weight excluding hydrogens is 312 g/mol. The molecule has 1 amide bonds. The second-order valence-corrected chi connectivity index (χ2v) is 4.96. The van der Waals surface area contributed by atoms with Gasteiger partial charge in [-0.15, -0.1) is 0 Å². The molecule has 0 saturated carbocycles. The lowest BCUT2D eigenvalue weighted by atomic mass is 10.2. The van der Waals surface area contributed by atoms with Crippen LogP contribution < -0.4 is 10.7 Å². The largest absolute Gasteiger partial charge is 0.508 e. The maximum absolute atomic E-state index is 11.7. The third-order valence-corrected chi connectivity index (χ3v) is 3.19. The lowest BCUT2D eigenvalue weighted by Gasteiger charge is -2.07. The van der Waals surface area contributed by atoms with Gasteiger partial charge in [-0.25, -0.2) is 5.43 Å². The van der Waals surface area contributed by atoms with Crippen molar-refractivity contribution >= 4 is 23.5 Å². The SMILES string of the molecule is Cc1ccccc1NCC(=O)N/N=C/c1cc(O)ccc1[N+](=O)[O-]. The molecule has 0 bridgehead atoms. The molecule has 3 N–H and O–H groups in total. The van der Waals surface area contributed by atoms with E-state index < -0.39 is 10.8 Å². The number of carbonyl (C=O) groups excluding carboxylic acids is 1. The van der Waals surface area contributed by atoms with Crippen LogP contribution in [0.3, 0.4) is 0 Å². The van der Waals surface area contributed by atoms with Crippen molar-refractivity contribution in [2.24, 2.45) is 5.10 Å². The quantitative estimate of drug-likeness (QED) is 0.427. The predicted molar refractivity (Wildman–Crippen MR) is 90.2 cm³/mol. The number of nitro benzene ring substituents is 1. The van der Waals surface area contributed by atoms with Crippen molar-refractivity contribution < 1.29 is 14.8 Å². The van der Waals surface area contributed by atoms with Crippen molar-refractivity contribution in [2.75, 3.05) is 11.9 Å². The minimum absolute atomic E-state index is 0.00429. The van der Waals surface area contributed by atoms with Crippen LogP contribution in [0.4, 0.5) is 11.4 Å². The summed E-state index contributed by atoms with van der Waals surface area (Å²) in [6.07, 6.45) is 1.11. The standard InChI is InChI=1S/C16H16N4O4/c1-11-4-2-3-5-14(11)17-10-16(22)19-18-9-12-8-13(21)6-7-15(12)20(23)24/h2-9,17,21H,10H2,1H3,(H,19,22)/b18-9+. The number of hydrogen-bond donors (Lipinski definition) is 3. The first-order valence-electron chi connectivity index (χ1n) is 7.06. The van der Waals surface area contributed by atoms with Gasteiger partial charge in [-0.05, 0) is 30.7 Å². The highest BCUT2D eigenvalue weighted by Crippen LogP contribution is 2.21. The van der Waals surface area contributed by atoms with Gasteiger partial charge < -0.3 is 10.4 Å². The van der Waals surface area contributed by atoms with Crippen LogP contribution in [0.25, 0.3) is 0 Å². The summed E-state index contributed by atoms with van der Waals surface area (Å²) in [4.78, 5) is 22.0. The molecule has 0 aliphatic carbocycles. The minimum atomic E-state index is -0.595. The topological polar surface area (TPSA) is 117 Å². The molecule has 0 atom stereocenters. The van der Waals surface area contributed by atoms with Crippen molar-refractivity contribution in [3.63, 3.8) is 0 Å². The average molecular weight is 328 g/mol. The molecule has 8 heteroatoms. The number of aryl methyl sites for hydroxylation is 1. The summed E-state index contributed by atoms with van der Waals surface area (Å²) in [7, 11) is 0. The van der Waals surface area contributed by atoms with Crippen LogP contribution in [-0.2, 0) is 4.79 Å². The van der Waals surface area contributed by atoms with E-state index in [0.717, 1.165) is 23.5 Å².